The molecule has 0 fully saturated rings. The predicted octanol–water partition coefficient (Wildman–Crippen LogP) is 3.81. The summed E-state index contributed by atoms with van der Waals surface area (Å²) < 4.78 is 10.6. The van der Waals surface area contributed by atoms with E-state index in [9.17, 15) is 0 Å². The summed E-state index contributed by atoms with van der Waals surface area (Å²) in [5, 5.41) is 3.66. The highest BCUT2D eigenvalue weighted by Crippen LogP contribution is 2.15. The highest BCUT2D eigenvalue weighted by Gasteiger charge is 2.10. The lowest BCUT2D eigenvalue weighted by Gasteiger charge is -2.20. The molecule has 0 spiro atoms. The summed E-state index contributed by atoms with van der Waals surface area (Å²) in [6, 6.07) is 8.97. The zero-order chi connectivity index (χ0) is 15.5. The maximum absolute atomic E-state index is 5.35. The number of aryl methyl sites for hydroxylation is 1. The molecule has 120 valence electrons. The van der Waals surface area contributed by atoms with E-state index in [1.54, 1.807) is 14.2 Å². The van der Waals surface area contributed by atoms with Crippen LogP contribution in [0.4, 0.5) is 0 Å². The van der Waals surface area contributed by atoms with Gasteiger partial charge in [-0.25, -0.2) is 0 Å². The van der Waals surface area contributed by atoms with Gasteiger partial charge >= 0.3 is 0 Å². The predicted molar refractivity (Wildman–Crippen MR) is 89.1 cm³/mol. The molecule has 3 heteroatoms. The minimum atomic E-state index is 0.344. The molecule has 0 saturated heterocycles. The van der Waals surface area contributed by atoms with Crippen molar-refractivity contribution < 1.29 is 9.47 Å². The lowest BCUT2D eigenvalue weighted by molar-refractivity contribution is 0.105. The lowest BCUT2D eigenvalue weighted by Crippen LogP contribution is -2.31. The molecule has 2 atom stereocenters. The van der Waals surface area contributed by atoms with E-state index < -0.39 is 0 Å². The summed E-state index contributed by atoms with van der Waals surface area (Å²) in [5.41, 5.74) is 1.37. The first kappa shape index (κ1) is 18.0. The van der Waals surface area contributed by atoms with E-state index in [1.165, 1.54) is 24.8 Å². The zero-order valence-electron chi connectivity index (χ0n) is 14.0. The van der Waals surface area contributed by atoms with Gasteiger partial charge in [0.05, 0.1) is 13.2 Å². The van der Waals surface area contributed by atoms with Crippen molar-refractivity contribution in [1.82, 2.24) is 5.32 Å². The van der Waals surface area contributed by atoms with Crippen LogP contribution >= 0.6 is 0 Å². The molecule has 0 aromatic heterocycles. The molecule has 1 aromatic carbocycles. The third-order valence-electron chi connectivity index (χ3n) is 3.95. The molecule has 2 unspecified atom stereocenters. The average molecular weight is 293 g/mol. The summed E-state index contributed by atoms with van der Waals surface area (Å²) in [4.78, 5) is 0. The second kappa shape index (κ2) is 10.6. The van der Waals surface area contributed by atoms with Gasteiger partial charge in [0.15, 0.2) is 0 Å². The van der Waals surface area contributed by atoms with Crippen LogP contribution in [0.1, 0.15) is 45.1 Å². The maximum Gasteiger partial charge on any atom is 0.118 e. The molecular formula is C18H31NO2. The normalized spacial score (nSPS) is 13.9. The van der Waals surface area contributed by atoms with Crippen LogP contribution in [0.25, 0.3) is 0 Å². The Labute approximate surface area is 130 Å². The fourth-order valence-corrected chi connectivity index (χ4v) is 2.38. The zero-order valence-corrected chi connectivity index (χ0v) is 14.0. The smallest absolute Gasteiger partial charge is 0.118 e. The van der Waals surface area contributed by atoms with Crippen LogP contribution in [-0.2, 0) is 11.2 Å². The first-order chi connectivity index (χ1) is 10.2. The first-order valence-electron chi connectivity index (χ1n) is 8.08. The Morgan fingerprint density at radius 1 is 1.05 bits per heavy atom. The van der Waals surface area contributed by atoms with E-state index >= 15 is 0 Å². The van der Waals surface area contributed by atoms with Crippen LogP contribution in [0.5, 0.6) is 5.75 Å². The molecule has 0 bridgehead atoms. The Hall–Kier alpha value is -1.06. The maximum atomic E-state index is 5.35. The van der Waals surface area contributed by atoms with Crippen LogP contribution in [0.15, 0.2) is 24.3 Å². The molecule has 0 heterocycles. The fourth-order valence-electron chi connectivity index (χ4n) is 2.38. The van der Waals surface area contributed by atoms with Crippen LogP contribution in [-0.4, -0.2) is 32.9 Å². The van der Waals surface area contributed by atoms with Crippen LogP contribution in [0.3, 0.4) is 0 Å². The first-order valence-corrected chi connectivity index (χ1v) is 8.08. The molecule has 0 aliphatic carbocycles. The number of rotatable bonds is 11. The van der Waals surface area contributed by atoms with Crippen molar-refractivity contribution in [2.45, 2.75) is 58.1 Å². The Bertz CT molecular complexity index is 364. The van der Waals surface area contributed by atoms with Gasteiger partial charge in [0, 0.05) is 13.2 Å². The molecule has 0 aliphatic rings. The summed E-state index contributed by atoms with van der Waals surface area (Å²) in [5.74, 6) is 0.924. The van der Waals surface area contributed by atoms with E-state index in [1.807, 2.05) is 12.1 Å². The molecule has 0 amide bonds. The molecule has 1 aromatic rings. The van der Waals surface area contributed by atoms with Crippen molar-refractivity contribution >= 4 is 0 Å². The Morgan fingerprint density at radius 2 is 1.76 bits per heavy atom. The monoisotopic (exact) mass is 293 g/mol. The SMILES string of the molecule is CCCNC(CCc1ccc(OC)cc1)CCC(C)OC. The quantitative estimate of drug-likeness (QED) is 0.673. The van der Waals surface area contributed by atoms with E-state index in [0.717, 1.165) is 25.1 Å². The van der Waals surface area contributed by atoms with Gasteiger partial charge in [-0.2, -0.15) is 0 Å². The van der Waals surface area contributed by atoms with Gasteiger partial charge in [0.1, 0.15) is 5.75 Å². The molecule has 1 N–H and O–H groups in total. The van der Waals surface area contributed by atoms with Gasteiger partial charge in [-0.1, -0.05) is 19.1 Å². The lowest BCUT2D eigenvalue weighted by atomic mass is 10.00. The summed E-state index contributed by atoms with van der Waals surface area (Å²) in [6.07, 6.45) is 6.08. The molecule has 1 rings (SSSR count). The Morgan fingerprint density at radius 3 is 2.33 bits per heavy atom. The fraction of sp³-hybridized carbons (Fsp3) is 0.667. The number of hydrogen-bond donors (Lipinski definition) is 1. The Kier molecular flexibility index (Phi) is 9.11. The second-order valence-electron chi connectivity index (χ2n) is 5.66. The van der Waals surface area contributed by atoms with Crippen LogP contribution < -0.4 is 10.1 Å². The van der Waals surface area contributed by atoms with Gasteiger partial charge in [-0.3, -0.25) is 0 Å². The van der Waals surface area contributed by atoms with Crippen molar-refractivity contribution in [1.29, 1.82) is 0 Å². The van der Waals surface area contributed by atoms with E-state index in [2.05, 4.69) is 31.3 Å². The third-order valence-corrected chi connectivity index (χ3v) is 3.95. The summed E-state index contributed by atoms with van der Waals surface area (Å²) in [6.45, 7) is 5.44. The minimum Gasteiger partial charge on any atom is -0.497 e. The van der Waals surface area contributed by atoms with Crippen LogP contribution in [0.2, 0.25) is 0 Å². The Balaban J connectivity index is 2.42. The van der Waals surface area contributed by atoms with Gasteiger partial charge in [-0.15, -0.1) is 0 Å². The highest BCUT2D eigenvalue weighted by atomic mass is 16.5. The standard InChI is InChI=1S/C18H31NO2/c1-5-14-19-17(10-6-15(2)20-3)11-7-16-8-12-18(21-4)13-9-16/h8-9,12-13,15,17,19H,5-7,10-11,14H2,1-4H3. The van der Waals surface area contributed by atoms with E-state index in [0.29, 0.717) is 12.1 Å². The number of methoxy groups -OCH3 is 2. The largest absolute Gasteiger partial charge is 0.497 e. The van der Waals surface area contributed by atoms with Gasteiger partial charge in [0.2, 0.25) is 0 Å². The highest BCUT2D eigenvalue weighted by molar-refractivity contribution is 5.27. The van der Waals surface area contributed by atoms with Gasteiger partial charge in [-0.05, 0) is 63.3 Å². The summed E-state index contributed by atoms with van der Waals surface area (Å²) in [7, 11) is 3.49. The second-order valence-corrected chi connectivity index (χ2v) is 5.66. The third kappa shape index (κ3) is 7.49. The van der Waals surface area contributed by atoms with Crippen molar-refractivity contribution in [2.75, 3.05) is 20.8 Å². The van der Waals surface area contributed by atoms with Crippen LogP contribution in [0, 0.1) is 0 Å². The van der Waals surface area contributed by atoms with Crippen molar-refractivity contribution in [3.8, 4) is 5.75 Å². The van der Waals surface area contributed by atoms with Gasteiger partial charge < -0.3 is 14.8 Å². The molecule has 3 nitrogen and oxygen atoms in total. The van der Waals surface area contributed by atoms with Gasteiger partial charge in [0.25, 0.3) is 0 Å². The van der Waals surface area contributed by atoms with Crippen molar-refractivity contribution in [2.24, 2.45) is 0 Å². The minimum absolute atomic E-state index is 0.344. The number of hydrogen-bond acceptors (Lipinski definition) is 3. The molecule has 0 radical (unpaired) electrons. The summed E-state index contributed by atoms with van der Waals surface area (Å²) >= 11 is 0. The van der Waals surface area contributed by atoms with Crippen molar-refractivity contribution in [3.05, 3.63) is 29.8 Å². The molecular weight excluding hydrogens is 262 g/mol. The molecule has 21 heavy (non-hydrogen) atoms. The van der Waals surface area contributed by atoms with E-state index in [4.69, 9.17) is 9.47 Å². The van der Waals surface area contributed by atoms with E-state index in [-0.39, 0.29) is 0 Å². The average Bonchev–Trinajstić information content (AvgIpc) is 2.54. The number of benzene rings is 1. The number of ether oxygens (including phenoxy) is 2. The number of nitrogens with one attached hydrogen (secondary N) is 1. The molecule has 0 saturated carbocycles. The topological polar surface area (TPSA) is 30.5 Å². The molecule has 0 aliphatic heterocycles. The van der Waals surface area contributed by atoms with Crippen molar-refractivity contribution in [3.63, 3.8) is 0 Å².